The molecular weight excluding hydrogens is 304 g/mol. The molecule has 1 N–H and O–H groups in total. The van der Waals surface area contributed by atoms with Gasteiger partial charge in [-0.15, -0.1) is 0 Å². The van der Waals surface area contributed by atoms with Crippen molar-refractivity contribution in [2.75, 3.05) is 5.32 Å². The second-order valence-corrected chi connectivity index (χ2v) is 5.11. The molecule has 5 nitrogen and oxygen atoms in total. The molecule has 0 aliphatic carbocycles. The molecule has 1 aromatic carbocycles. The van der Waals surface area contributed by atoms with E-state index in [1.165, 1.54) is 19.2 Å². The van der Waals surface area contributed by atoms with Gasteiger partial charge >= 0.3 is 5.97 Å². The molecule has 0 unspecified atom stereocenters. The number of benzene rings is 1. The fourth-order valence-corrected chi connectivity index (χ4v) is 1.98. The number of ether oxygens (including phenoxy) is 1. The molecule has 22 heavy (non-hydrogen) atoms. The Balaban J connectivity index is 1.99. The summed E-state index contributed by atoms with van der Waals surface area (Å²) in [6.45, 7) is 3.41. The lowest BCUT2D eigenvalue weighted by Gasteiger charge is -2.14. The first-order chi connectivity index (χ1) is 10.5. The zero-order valence-corrected chi connectivity index (χ0v) is 12.9. The van der Waals surface area contributed by atoms with Crippen LogP contribution in [0.2, 0.25) is 5.15 Å². The second kappa shape index (κ2) is 7.04. The molecule has 6 heteroatoms. The quantitative estimate of drug-likeness (QED) is 0.694. The zero-order chi connectivity index (χ0) is 16.1. The number of nitrogens with one attached hydrogen (secondary N) is 1. The molecule has 0 aliphatic rings. The summed E-state index contributed by atoms with van der Waals surface area (Å²) in [4.78, 5) is 27.8. The third kappa shape index (κ3) is 4.05. The number of esters is 1. The standard InChI is InChI=1S/C16H15ClN2O3/c1-10-5-3-6-12(9-10)19-15(20)11(2)22-16(21)13-7-4-8-18-14(13)17/h3-9,11H,1-2H3,(H,19,20)/t11-/m0/s1. The molecule has 0 spiro atoms. The fraction of sp³-hybridized carbons (Fsp3) is 0.188. The summed E-state index contributed by atoms with van der Waals surface area (Å²) in [6.07, 6.45) is 0.511. The van der Waals surface area contributed by atoms with E-state index in [-0.39, 0.29) is 10.7 Å². The summed E-state index contributed by atoms with van der Waals surface area (Å²) in [5.41, 5.74) is 1.79. The third-order valence-electron chi connectivity index (χ3n) is 2.92. The Morgan fingerprint density at radius 1 is 1.27 bits per heavy atom. The van der Waals surface area contributed by atoms with Gasteiger partial charge in [-0.25, -0.2) is 9.78 Å². The minimum atomic E-state index is -0.954. The Morgan fingerprint density at radius 2 is 2.05 bits per heavy atom. The van der Waals surface area contributed by atoms with E-state index < -0.39 is 18.0 Å². The molecule has 0 saturated carbocycles. The number of hydrogen-bond acceptors (Lipinski definition) is 4. The van der Waals surface area contributed by atoms with Crippen LogP contribution in [0.25, 0.3) is 0 Å². The number of halogens is 1. The predicted molar refractivity (Wildman–Crippen MR) is 83.9 cm³/mol. The highest BCUT2D eigenvalue weighted by molar-refractivity contribution is 6.32. The minimum Gasteiger partial charge on any atom is -0.449 e. The van der Waals surface area contributed by atoms with Crippen LogP contribution >= 0.6 is 11.6 Å². The van der Waals surface area contributed by atoms with E-state index in [1.54, 1.807) is 12.1 Å². The Morgan fingerprint density at radius 3 is 2.73 bits per heavy atom. The molecule has 2 aromatic rings. The van der Waals surface area contributed by atoms with Gasteiger partial charge in [0, 0.05) is 11.9 Å². The van der Waals surface area contributed by atoms with E-state index in [4.69, 9.17) is 16.3 Å². The highest BCUT2D eigenvalue weighted by Gasteiger charge is 2.20. The maximum atomic E-state index is 12.0. The van der Waals surface area contributed by atoms with Crippen molar-refractivity contribution in [1.82, 2.24) is 4.98 Å². The van der Waals surface area contributed by atoms with Crippen molar-refractivity contribution in [3.8, 4) is 0 Å². The van der Waals surface area contributed by atoms with Crippen LogP contribution in [0.15, 0.2) is 42.6 Å². The fourth-order valence-electron chi connectivity index (χ4n) is 1.78. The molecule has 0 saturated heterocycles. The Kier molecular flexibility index (Phi) is 5.12. The van der Waals surface area contributed by atoms with E-state index in [9.17, 15) is 9.59 Å². The number of rotatable bonds is 4. The first-order valence-electron chi connectivity index (χ1n) is 6.66. The molecule has 0 aliphatic heterocycles. The summed E-state index contributed by atoms with van der Waals surface area (Å²) in [5.74, 6) is -1.11. The van der Waals surface area contributed by atoms with Crippen molar-refractivity contribution in [2.45, 2.75) is 20.0 Å². The van der Waals surface area contributed by atoms with Crippen LogP contribution in [-0.4, -0.2) is 23.0 Å². The molecule has 0 radical (unpaired) electrons. The number of carbonyl (C=O) groups excluding carboxylic acids is 2. The van der Waals surface area contributed by atoms with Crippen molar-refractivity contribution in [3.05, 3.63) is 58.9 Å². The average molecular weight is 319 g/mol. The third-order valence-corrected chi connectivity index (χ3v) is 3.22. The number of carbonyl (C=O) groups is 2. The van der Waals surface area contributed by atoms with Crippen LogP contribution in [0.1, 0.15) is 22.8 Å². The van der Waals surface area contributed by atoms with Gasteiger partial charge < -0.3 is 10.1 Å². The number of nitrogens with zero attached hydrogens (tertiary/aromatic N) is 1. The number of amides is 1. The SMILES string of the molecule is Cc1cccc(NC(=O)[C@H](C)OC(=O)c2cccnc2Cl)c1. The lowest BCUT2D eigenvalue weighted by Crippen LogP contribution is -2.30. The molecule has 2 rings (SSSR count). The van der Waals surface area contributed by atoms with Crippen LogP contribution in [0.5, 0.6) is 0 Å². The van der Waals surface area contributed by atoms with E-state index >= 15 is 0 Å². The van der Waals surface area contributed by atoms with Gasteiger partial charge in [0.2, 0.25) is 0 Å². The number of aryl methyl sites for hydroxylation is 1. The number of hydrogen-bond donors (Lipinski definition) is 1. The van der Waals surface area contributed by atoms with E-state index in [2.05, 4.69) is 10.3 Å². The monoisotopic (exact) mass is 318 g/mol. The zero-order valence-electron chi connectivity index (χ0n) is 12.2. The van der Waals surface area contributed by atoms with Crippen molar-refractivity contribution in [1.29, 1.82) is 0 Å². The van der Waals surface area contributed by atoms with Gasteiger partial charge in [-0.2, -0.15) is 0 Å². The molecular formula is C16H15ClN2O3. The van der Waals surface area contributed by atoms with E-state index in [0.717, 1.165) is 5.56 Å². The topological polar surface area (TPSA) is 68.3 Å². The minimum absolute atomic E-state index is 0.0405. The Labute approximate surface area is 133 Å². The lowest BCUT2D eigenvalue weighted by molar-refractivity contribution is -0.123. The molecule has 114 valence electrons. The summed E-state index contributed by atoms with van der Waals surface area (Å²) < 4.78 is 5.11. The normalized spacial score (nSPS) is 11.6. The smallest absolute Gasteiger partial charge is 0.342 e. The van der Waals surface area contributed by atoms with Gasteiger partial charge in [-0.3, -0.25) is 4.79 Å². The van der Waals surface area contributed by atoms with Gasteiger partial charge in [-0.1, -0.05) is 23.7 Å². The van der Waals surface area contributed by atoms with Gasteiger partial charge in [0.05, 0.1) is 5.56 Å². The van der Waals surface area contributed by atoms with Crippen molar-refractivity contribution in [3.63, 3.8) is 0 Å². The summed E-state index contributed by atoms with van der Waals surface area (Å²) in [7, 11) is 0. The summed E-state index contributed by atoms with van der Waals surface area (Å²) >= 11 is 5.82. The largest absolute Gasteiger partial charge is 0.449 e. The van der Waals surface area contributed by atoms with Crippen LogP contribution in [0, 0.1) is 6.92 Å². The predicted octanol–water partition coefficient (Wildman–Crippen LogP) is 3.23. The average Bonchev–Trinajstić information content (AvgIpc) is 2.47. The molecule has 1 heterocycles. The molecule has 1 amide bonds. The Hall–Kier alpha value is -2.40. The maximum Gasteiger partial charge on any atom is 0.342 e. The first-order valence-corrected chi connectivity index (χ1v) is 7.04. The summed E-state index contributed by atoms with van der Waals surface area (Å²) in [6, 6.07) is 10.4. The molecule has 1 atom stereocenters. The van der Waals surface area contributed by atoms with Crippen LogP contribution < -0.4 is 5.32 Å². The number of aromatic nitrogens is 1. The van der Waals surface area contributed by atoms with Gasteiger partial charge in [0.1, 0.15) is 5.15 Å². The highest BCUT2D eigenvalue weighted by Crippen LogP contribution is 2.15. The lowest BCUT2D eigenvalue weighted by atomic mass is 10.2. The molecule has 0 fully saturated rings. The van der Waals surface area contributed by atoms with Crippen molar-refractivity contribution >= 4 is 29.2 Å². The van der Waals surface area contributed by atoms with E-state index in [0.29, 0.717) is 5.69 Å². The second-order valence-electron chi connectivity index (χ2n) is 4.75. The molecule has 1 aromatic heterocycles. The van der Waals surface area contributed by atoms with Crippen LogP contribution in [0.3, 0.4) is 0 Å². The maximum absolute atomic E-state index is 12.0. The number of pyridine rings is 1. The van der Waals surface area contributed by atoms with Gasteiger partial charge in [0.25, 0.3) is 5.91 Å². The van der Waals surface area contributed by atoms with Gasteiger partial charge in [0.15, 0.2) is 6.10 Å². The first kappa shape index (κ1) is 16.0. The Bertz CT molecular complexity index is 703. The van der Waals surface area contributed by atoms with Crippen LogP contribution in [-0.2, 0) is 9.53 Å². The highest BCUT2D eigenvalue weighted by atomic mass is 35.5. The molecule has 0 bridgehead atoms. The number of anilines is 1. The van der Waals surface area contributed by atoms with Crippen LogP contribution in [0.4, 0.5) is 5.69 Å². The van der Waals surface area contributed by atoms with Gasteiger partial charge in [-0.05, 0) is 43.7 Å². The van der Waals surface area contributed by atoms with Crippen molar-refractivity contribution < 1.29 is 14.3 Å². The van der Waals surface area contributed by atoms with E-state index in [1.807, 2.05) is 25.1 Å². The van der Waals surface area contributed by atoms with Crippen molar-refractivity contribution in [2.24, 2.45) is 0 Å². The summed E-state index contributed by atoms with van der Waals surface area (Å²) in [5, 5.41) is 2.73.